The molecule has 99 heavy (non-hydrogen) atoms. The number of nitrogens with one attached hydrogen (secondary N) is 3. The molecular weight excluding hydrogens is 1350 g/mol. The number of aliphatic hydroxyl groups is 1. The number of methoxy groups -OCH3 is 1. The van der Waals surface area contributed by atoms with Crippen molar-refractivity contribution in [3.05, 3.63) is 112 Å². The predicted molar refractivity (Wildman–Crippen MR) is 363 cm³/mol. The number of likely N-dealkylation sites (tertiary alicyclic amines) is 1. The van der Waals surface area contributed by atoms with Gasteiger partial charge in [0, 0.05) is 87.0 Å². The van der Waals surface area contributed by atoms with Gasteiger partial charge in [-0.2, -0.15) is 15.0 Å². The van der Waals surface area contributed by atoms with Gasteiger partial charge in [0.15, 0.2) is 32.8 Å². The van der Waals surface area contributed by atoms with Crippen molar-refractivity contribution in [2.75, 3.05) is 141 Å². The molecule has 4 aromatic carbocycles. The molecule has 2 unspecified atom stereocenters. The number of thiazole rings is 1. The standard InChI is InChI=1S/C68H84ClF3N10O15S2/c1-43-60(98-42-74-43)44-14-15-45(40-73-61(85)54-37-46(83)41-82(54)62(86)50(66(2,3)4)39-57(84)67(70)18-19-67)56(36-44)95-35-34-94-33-32-93-31-30-92-29-28-91-27-26-90-25-24-80-20-22-81(23-21-80)64-77-63(78-65(79-64)89-5)76-53-38-47(99(6,87)88)16-17-52(53)75-58(48-10-7-8-12-51(48)69)49-11-9-13-55-59(49)97-68(71,72)96-55/h7-17,36,38,42,46,50,54,58,75,83H,18-35,37,39-41H2,1-6H3,(H,73,85)(H,76,77,78,79)/t46-,50?,54?,58-/m1/s1. The van der Waals surface area contributed by atoms with Crippen LogP contribution in [0.3, 0.4) is 0 Å². The zero-order valence-corrected chi connectivity index (χ0v) is 58.5. The van der Waals surface area contributed by atoms with Gasteiger partial charge in [-0.1, -0.05) is 74.8 Å². The Kier molecular flexibility index (Phi) is 25.0. The molecular formula is C68H84ClF3N10O15S2. The number of hydrogen-bond donors (Lipinski definition) is 4. The first kappa shape index (κ1) is 74.2. The Morgan fingerprint density at radius 1 is 0.808 bits per heavy atom. The second-order valence-corrected chi connectivity index (χ2v) is 28.7. The summed E-state index contributed by atoms with van der Waals surface area (Å²) >= 11 is 8.22. The van der Waals surface area contributed by atoms with E-state index in [0.29, 0.717) is 126 Å². The molecule has 0 spiro atoms. The SMILES string of the molecule is COc1nc(Nc2cc(S(C)(=O)=O)ccc2N[C@H](c2ccccc2Cl)c2cccc3c2OC(F)(F)O3)nc(N2CCN(CCOCCOCCOCCOCCOCCOc3cc(-c4scnc4C)ccc3CNC(=O)C3C[C@@H](O)CN3C(=O)C(CC(=O)C3(F)CC3)C(C)(C)C)CC2)n1. The van der Waals surface area contributed by atoms with E-state index in [4.69, 9.17) is 59.2 Å². The summed E-state index contributed by atoms with van der Waals surface area (Å²) in [7, 11) is -2.31. The number of amides is 2. The summed E-state index contributed by atoms with van der Waals surface area (Å²) in [4.78, 5) is 65.3. The molecule has 2 aromatic heterocycles. The van der Waals surface area contributed by atoms with Crippen molar-refractivity contribution < 1.29 is 83.7 Å². The number of aliphatic hydroxyl groups excluding tert-OH is 1. The van der Waals surface area contributed by atoms with Gasteiger partial charge in [-0.3, -0.25) is 19.3 Å². The summed E-state index contributed by atoms with van der Waals surface area (Å²) in [6.45, 7) is 14.4. The highest BCUT2D eigenvalue weighted by Crippen LogP contribution is 2.49. The number of aryl methyl sites for hydroxylation is 1. The molecule has 4 N–H and O–H groups in total. The first-order valence-corrected chi connectivity index (χ1v) is 35.8. The molecule has 0 radical (unpaired) electrons. The molecule has 31 heteroatoms. The molecule has 2 amide bonds. The number of halogens is 4. The van der Waals surface area contributed by atoms with Crippen LogP contribution >= 0.6 is 22.9 Å². The van der Waals surface area contributed by atoms with Crippen LogP contribution in [-0.4, -0.2) is 210 Å². The van der Waals surface area contributed by atoms with Gasteiger partial charge in [0.05, 0.1) is 118 Å². The van der Waals surface area contributed by atoms with Gasteiger partial charge in [0.25, 0.3) is 0 Å². The largest absolute Gasteiger partial charge is 0.586 e. The van der Waals surface area contributed by atoms with Crippen LogP contribution in [0.5, 0.6) is 23.3 Å². The number of sulfone groups is 1. The molecule has 536 valence electrons. The molecule has 10 rings (SSSR count). The highest BCUT2D eigenvalue weighted by molar-refractivity contribution is 7.90. The number of anilines is 4. The van der Waals surface area contributed by atoms with Crippen LogP contribution in [0.2, 0.25) is 5.02 Å². The molecule has 6 aromatic rings. The van der Waals surface area contributed by atoms with Crippen LogP contribution in [0.1, 0.15) is 74.9 Å². The van der Waals surface area contributed by atoms with Crippen LogP contribution < -0.4 is 39.8 Å². The second-order valence-electron chi connectivity index (χ2n) is 25.4. The number of hydrogen-bond acceptors (Lipinski definition) is 24. The third-order valence-corrected chi connectivity index (χ3v) is 19.7. The summed E-state index contributed by atoms with van der Waals surface area (Å²) in [6.07, 6.45) is -3.72. The fourth-order valence-electron chi connectivity index (χ4n) is 11.6. The summed E-state index contributed by atoms with van der Waals surface area (Å²) in [6, 6.07) is 19.5. The van der Waals surface area contributed by atoms with Crippen molar-refractivity contribution >= 4 is 73.6 Å². The lowest BCUT2D eigenvalue weighted by atomic mass is 9.76. The van der Waals surface area contributed by atoms with Gasteiger partial charge >= 0.3 is 12.3 Å². The number of carbonyl (C=O) groups excluding carboxylic acids is 3. The molecule has 1 aliphatic carbocycles. The van der Waals surface area contributed by atoms with Crippen LogP contribution in [0, 0.1) is 18.3 Å². The number of fused-ring (bicyclic) bond motifs is 1. The normalized spacial score (nSPS) is 17.8. The molecule has 3 fully saturated rings. The predicted octanol–water partition coefficient (Wildman–Crippen LogP) is 8.62. The van der Waals surface area contributed by atoms with Crippen LogP contribution in [0.25, 0.3) is 10.4 Å². The van der Waals surface area contributed by atoms with E-state index in [9.17, 15) is 41.1 Å². The maximum atomic E-state index is 14.7. The lowest BCUT2D eigenvalue weighted by molar-refractivity contribution is -0.287. The fourth-order valence-corrected chi connectivity index (χ4v) is 13.3. The number of alkyl halides is 3. The number of piperazine rings is 1. The number of carbonyl (C=O) groups is 3. The lowest BCUT2D eigenvalue weighted by Gasteiger charge is -2.35. The monoisotopic (exact) mass is 1440 g/mol. The van der Waals surface area contributed by atoms with Crippen molar-refractivity contribution in [3.8, 4) is 33.7 Å². The summed E-state index contributed by atoms with van der Waals surface area (Å²) < 4.78 is 120. The van der Waals surface area contributed by atoms with E-state index in [2.05, 4.69) is 35.8 Å². The van der Waals surface area contributed by atoms with E-state index in [1.54, 1.807) is 41.9 Å². The van der Waals surface area contributed by atoms with Gasteiger partial charge in [-0.05, 0) is 72.7 Å². The highest BCUT2D eigenvalue weighted by Gasteiger charge is 2.53. The van der Waals surface area contributed by atoms with Crippen molar-refractivity contribution in [2.45, 2.75) is 95.0 Å². The number of nitrogens with zero attached hydrogens (tertiary/aromatic N) is 7. The molecule has 2 saturated heterocycles. The maximum absolute atomic E-state index is 14.7. The summed E-state index contributed by atoms with van der Waals surface area (Å²) in [5, 5.41) is 20.5. The average molecular weight is 1440 g/mol. The number of para-hydroxylation sites is 1. The van der Waals surface area contributed by atoms with Gasteiger partial charge in [0.2, 0.25) is 23.7 Å². The quantitative estimate of drug-likeness (QED) is 0.0268. The minimum absolute atomic E-state index is 0.00510. The van der Waals surface area contributed by atoms with Crippen molar-refractivity contribution in [1.29, 1.82) is 0 Å². The Hall–Kier alpha value is -7.52. The first-order valence-electron chi connectivity index (χ1n) is 32.7. The Morgan fingerprint density at radius 3 is 2.11 bits per heavy atom. The van der Waals surface area contributed by atoms with E-state index in [-0.39, 0.29) is 91.6 Å². The number of ether oxygens (including phenoxy) is 9. The Labute approximate surface area is 582 Å². The minimum atomic E-state index is -3.90. The lowest BCUT2D eigenvalue weighted by Crippen LogP contribution is -2.50. The van der Waals surface area contributed by atoms with Gasteiger partial charge in [0.1, 0.15) is 18.4 Å². The molecule has 1 saturated carbocycles. The fraction of sp³-hybridized carbons (Fsp3) is 0.515. The smallest absolute Gasteiger partial charge is 0.491 e. The zero-order valence-electron chi connectivity index (χ0n) is 56.1. The van der Waals surface area contributed by atoms with Gasteiger partial charge in [-0.15, -0.1) is 20.1 Å². The third-order valence-electron chi connectivity index (χ3n) is 17.2. The maximum Gasteiger partial charge on any atom is 0.586 e. The number of benzene rings is 4. The number of ketones is 1. The van der Waals surface area contributed by atoms with E-state index < -0.39 is 68.9 Å². The second kappa shape index (κ2) is 33.3. The molecule has 5 heterocycles. The molecule has 25 nitrogen and oxygen atoms in total. The number of rotatable bonds is 36. The van der Waals surface area contributed by atoms with E-state index >= 15 is 0 Å². The average Bonchev–Trinajstić information content (AvgIpc) is 1.70. The molecule has 3 aliphatic heterocycles. The van der Waals surface area contributed by atoms with Gasteiger partial charge < -0.3 is 73.5 Å². The third kappa shape index (κ3) is 19.9. The van der Waals surface area contributed by atoms with Crippen LogP contribution in [-0.2, 0) is 54.4 Å². The summed E-state index contributed by atoms with van der Waals surface area (Å²) in [5.41, 5.74) is 2.95. The minimum Gasteiger partial charge on any atom is -0.491 e. The van der Waals surface area contributed by atoms with E-state index in [1.165, 1.54) is 47.6 Å². The van der Waals surface area contributed by atoms with Crippen molar-refractivity contribution in [1.82, 2.24) is 35.1 Å². The first-order chi connectivity index (χ1) is 47.4. The van der Waals surface area contributed by atoms with Crippen molar-refractivity contribution in [2.24, 2.45) is 11.3 Å². The Bertz CT molecular complexity index is 3880. The van der Waals surface area contributed by atoms with Crippen LogP contribution in [0.4, 0.5) is 36.4 Å². The Balaban J connectivity index is 0.599. The molecule has 0 bridgehead atoms. The number of Topliss-reactive ketones (excluding diaryl/α,β-unsaturated/α-hetero) is 1. The topological polar surface area (TPSA) is 286 Å². The molecule has 4 aliphatic rings. The number of aromatic nitrogens is 4. The Morgan fingerprint density at radius 2 is 1.47 bits per heavy atom. The van der Waals surface area contributed by atoms with E-state index in [1.807, 2.05) is 50.8 Å². The number of β-amino-alcohol motifs (C(OH)–C–C–N with tert-alkyl or cyclic N) is 1. The van der Waals surface area contributed by atoms with Crippen molar-refractivity contribution in [3.63, 3.8) is 0 Å². The summed E-state index contributed by atoms with van der Waals surface area (Å²) in [5.74, 6) is -1.87. The molecule has 4 atom stereocenters. The zero-order chi connectivity index (χ0) is 70.5. The highest BCUT2D eigenvalue weighted by atomic mass is 35.5. The van der Waals surface area contributed by atoms with E-state index in [0.717, 1.165) is 22.4 Å². The van der Waals surface area contributed by atoms with Gasteiger partial charge in [-0.25, -0.2) is 17.8 Å². The van der Waals surface area contributed by atoms with Crippen LogP contribution in [0.15, 0.2) is 89.3 Å².